The molecular formula is C24H30ClN3O2. The van der Waals surface area contributed by atoms with Crippen molar-refractivity contribution in [1.82, 2.24) is 5.43 Å². The summed E-state index contributed by atoms with van der Waals surface area (Å²) in [5.41, 5.74) is 7.42. The molecule has 6 heteroatoms. The fourth-order valence-electron chi connectivity index (χ4n) is 4.30. The number of amides is 1. The number of carbonyl (C=O) groups excluding carboxylic acids is 1. The number of aryl methyl sites for hydroxylation is 1. The van der Waals surface area contributed by atoms with Gasteiger partial charge < -0.3 is 9.64 Å². The van der Waals surface area contributed by atoms with Crippen molar-refractivity contribution < 1.29 is 9.53 Å². The zero-order chi connectivity index (χ0) is 21.9. The Labute approximate surface area is 184 Å². The molecule has 1 unspecified atom stereocenters. The highest BCUT2D eigenvalue weighted by Gasteiger charge is 2.35. The van der Waals surface area contributed by atoms with Gasteiger partial charge in [0.2, 0.25) is 0 Å². The Kier molecular flexibility index (Phi) is 6.71. The first-order chi connectivity index (χ1) is 14.2. The van der Waals surface area contributed by atoms with E-state index in [1.807, 2.05) is 6.07 Å². The summed E-state index contributed by atoms with van der Waals surface area (Å²) in [4.78, 5) is 14.5. The van der Waals surface area contributed by atoms with Gasteiger partial charge in [-0.15, -0.1) is 0 Å². The molecule has 0 saturated carbocycles. The van der Waals surface area contributed by atoms with Crippen LogP contribution in [0.15, 0.2) is 41.5 Å². The zero-order valence-electron chi connectivity index (χ0n) is 18.3. The van der Waals surface area contributed by atoms with Crippen molar-refractivity contribution in [3.63, 3.8) is 0 Å². The van der Waals surface area contributed by atoms with Crippen LogP contribution in [0.4, 0.5) is 5.69 Å². The van der Waals surface area contributed by atoms with Gasteiger partial charge in [0.15, 0.2) is 6.61 Å². The van der Waals surface area contributed by atoms with Crippen molar-refractivity contribution in [2.24, 2.45) is 5.10 Å². The summed E-state index contributed by atoms with van der Waals surface area (Å²) in [6.07, 6.45) is 2.80. The molecule has 0 aromatic heterocycles. The molecule has 0 fully saturated rings. The third-order valence-electron chi connectivity index (χ3n) is 5.68. The molecule has 30 heavy (non-hydrogen) atoms. The largest absolute Gasteiger partial charge is 0.482 e. The Hall–Kier alpha value is -2.53. The first-order valence-electron chi connectivity index (χ1n) is 10.3. The molecule has 160 valence electrons. The van der Waals surface area contributed by atoms with Gasteiger partial charge in [0.25, 0.3) is 5.91 Å². The van der Waals surface area contributed by atoms with E-state index in [1.165, 1.54) is 11.3 Å². The van der Waals surface area contributed by atoms with Crippen molar-refractivity contribution in [3.05, 3.63) is 58.1 Å². The van der Waals surface area contributed by atoms with Gasteiger partial charge in [0, 0.05) is 17.8 Å². The van der Waals surface area contributed by atoms with Crippen molar-refractivity contribution in [2.45, 2.75) is 52.5 Å². The van der Waals surface area contributed by atoms with Crippen molar-refractivity contribution in [3.8, 4) is 5.75 Å². The molecule has 3 rings (SSSR count). The Balaban J connectivity index is 1.68. The van der Waals surface area contributed by atoms with E-state index < -0.39 is 0 Å². The van der Waals surface area contributed by atoms with Crippen molar-refractivity contribution in [1.29, 1.82) is 0 Å². The predicted octanol–water partition coefficient (Wildman–Crippen LogP) is 5.29. The van der Waals surface area contributed by atoms with Crippen LogP contribution in [-0.4, -0.2) is 30.8 Å². The predicted molar refractivity (Wildman–Crippen MR) is 124 cm³/mol. The molecule has 1 aliphatic rings. The quantitative estimate of drug-likeness (QED) is 0.503. The normalized spacial score (nSPS) is 17.7. The highest BCUT2D eigenvalue weighted by Crippen LogP contribution is 2.43. The molecule has 0 radical (unpaired) electrons. The number of ether oxygens (including phenoxy) is 1. The Morgan fingerprint density at radius 3 is 2.80 bits per heavy atom. The molecule has 1 amide bonds. The second-order valence-electron chi connectivity index (χ2n) is 8.44. The minimum absolute atomic E-state index is 0.138. The smallest absolute Gasteiger partial charge is 0.277 e. The van der Waals surface area contributed by atoms with E-state index in [0.717, 1.165) is 24.1 Å². The highest BCUT2D eigenvalue weighted by atomic mass is 35.5. The van der Waals surface area contributed by atoms with E-state index in [9.17, 15) is 4.79 Å². The lowest BCUT2D eigenvalue weighted by atomic mass is 9.79. The van der Waals surface area contributed by atoms with Gasteiger partial charge >= 0.3 is 0 Å². The van der Waals surface area contributed by atoms with Gasteiger partial charge in [0.1, 0.15) is 5.75 Å². The maximum absolute atomic E-state index is 12.0. The van der Waals surface area contributed by atoms with Crippen LogP contribution in [0, 0.1) is 6.92 Å². The number of rotatable bonds is 6. The van der Waals surface area contributed by atoms with Gasteiger partial charge in [-0.3, -0.25) is 4.79 Å². The maximum atomic E-state index is 12.0. The van der Waals surface area contributed by atoms with Crippen LogP contribution in [0.3, 0.4) is 0 Å². The molecule has 2 aromatic rings. The molecule has 1 N–H and O–H groups in total. The van der Waals surface area contributed by atoms with Crippen LogP contribution in [-0.2, 0) is 4.79 Å². The van der Waals surface area contributed by atoms with Gasteiger partial charge in [-0.1, -0.05) is 30.7 Å². The number of hydrazone groups is 1. The average molecular weight is 428 g/mol. The van der Waals surface area contributed by atoms with Gasteiger partial charge in [-0.2, -0.15) is 5.10 Å². The summed E-state index contributed by atoms with van der Waals surface area (Å²) in [7, 11) is 0. The molecule has 0 aliphatic carbocycles. The van der Waals surface area contributed by atoms with Crippen molar-refractivity contribution >= 4 is 29.4 Å². The fraction of sp³-hybridized carbons (Fsp3) is 0.417. The number of carbonyl (C=O) groups is 1. The minimum atomic E-state index is -0.339. The van der Waals surface area contributed by atoms with Gasteiger partial charge in [0.05, 0.1) is 11.2 Å². The number of nitrogens with zero attached hydrogens (tertiary/aromatic N) is 2. The Bertz CT molecular complexity index is 955. The fourth-order valence-corrected chi connectivity index (χ4v) is 4.49. The molecule has 1 atom stereocenters. The Morgan fingerprint density at radius 2 is 2.10 bits per heavy atom. The molecule has 0 bridgehead atoms. The topological polar surface area (TPSA) is 53.9 Å². The summed E-state index contributed by atoms with van der Waals surface area (Å²) in [5, 5.41) is 4.60. The first-order valence-corrected chi connectivity index (χ1v) is 10.7. The summed E-state index contributed by atoms with van der Waals surface area (Å²) in [5.74, 6) is 0.597. The second kappa shape index (κ2) is 9.09. The summed E-state index contributed by atoms with van der Waals surface area (Å²) >= 11 is 6.03. The highest BCUT2D eigenvalue weighted by molar-refractivity contribution is 6.32. The number of nitrogens with one attached hydrogen (secondary N) is 1. The summed E-state index contributed by atoms with van der Waals surface area (Å²) in [6.45, 7) is 12.0. The summed E-state index contributed by atoms with van der Waals surface area (Å²) < 4.78 is 5.43. The number of halogens is 1. The SMILES string of the molecule is CCN1c2cc(C)c(/C=N\NC(=O)COc3ccccc3Cl)cc2C(C)CC1(C)C. The molecule has 0 saturated heterocycles. The van der Waals surface area contributed by atoms with Crippen LogP contribution in [0.5, 0.6) is 5.75 Å². The number of benzene rings is 2. The molecule has 1 aliphatic heterocycles. The lowest BCUT2D eigenvalue weighted by Gasteiger charge is -2.47. The zero-order valence-corrected chi connectivity index (χ0v) is 19.1. The number of hydrogen-bond acceptors (Lipinski definition) is 4. The van der Waals surface area contributed by atoms with Gasteiger partial charge in [-0.25, -0.2) is 5.43 Å². The molecule has 5 nitrogen and oxygen atoms in total. The van der Waals surface area contributed by atoms with E-state index in [1.54, 1.807) is 24.4 Å². The van der Waals surface area contributed by atoms with Crippen LogP contribution >= 0.6 is 11.6 Å². The number of fused-ring (bicyclic) bond motifs is 1. The third kappa shape index (κ3) is 4.78. The lowest BCUT2D eigenvalue weighted by Crippen LogP contribution is -2.48. The number of para-hydroxylation sites is 1. The van der Waals surface area contributed by atoms with E-state index >= 15 is 0 Å². The molecule has 1 heterocycles. The minimum Gasteiger partial charge on any atom is -0.482 e. The molecule has 0 spiro atoms. The van der Waals surface area contributed by atoms with Crippen LogP contribution < -0.4 is 15.1 Å². The lowest BCUT2D eigenvalue weighted by molar-refractivity contribution is -0.123. The summed E-state index contributed by atoms with van der Waals surface area (Å²) in [6, 6.07) is 11.5. The monoisotopic (exact) mass is 427 g/mol. The number of hydrogen-bond donors (Lipinski definition) is 1. The average Bonchev–Trinajstić information content (AvgIpc) is 2.68. The van der Waals surface area contributed by atoms with E-state index in [4.69, 9.17) is 16.3 Å². The van der Waals surface area contributed by atoms with Crippen molar-refractivity contribution in [2.75, 3.05) is 18.1 Å². The van der Waals surface area contributed by atoms with E-state index in [2.05, 4.69) is 62.2 Å². The second-order valence-corrected chi connectivity index (χ2v) is 8.85. The van der Waals surface area contributed by atoms with Gasteiger partial charge in [-0.05, 0) is 81.0 Å². The van der Waals surface area contributed by atoms with E-state index in [-0.39, 0.29) is 18.1 Å². The van der Waals surface area contributed by atoms with E-state index in [0.29, 0.717) is 16.7 Å². The first kappa shape index (κ1) is 22.2. The van der Waals surface area contributed by atoms with Crippen LogP contribution in [0.25, 0.3) is 0 Å². The third-order valence-corrected chi connectivity index (χ3v) is 5.99. The maximum Gasteiger partial charge on any atom is 0.277 e. The number of anilines is 1. The molecule has 2 aromatic carbocycles. The van der Waals surface area contributed by atoms with Crippen LogP contribution in [0.2, 0.25) is 5.02 Å². The van der Waals surface area contributed by atoms with Crippen LogP contribution in [0.1, 0.15) is 56.7 Å². The Morgan fingerprint density at radius 1 is 1.37 bits per heavy atom. The standard InChI is InChI=1S/C24H30ClN3O2/c1-6-28-21-11-16(2)18(12-19(21)17(3)13-24(28,4)5)14-26-27-23(29)15-30-22-10-8-7-9-20(22)25/h7-12,14,17H,6,13,15H2,1-5H3,(H,27,29)/b26-14-. The molecular weight excluding hydrogens is 398 g/mol.